The molecule has 0 unspecified atom stereocenters. The molecule has 0 bridgehead atoms. The van der Waals surface area contributed by atoms with Gasteiger partial charge in [-0.15, -0.1) is 0 Å². The van der Waals surface area contributed by atoms with E-state index in [1.54, 1.807) is 24.0 Å². The van der Waals surface area contributed by atoms with Crippen LogP contribution in [-0.2, 0) is 18.4 Å². The number of nitrogens with one attached hydrogen (secondary N) is 1. The summed E-state index contributed by atoms with van der Waals surface area (Å²) < 4.78 is 7.28. The first-order chi connectivity index (χ1) is 15.5. The monoisotopic (exact) mass is 449 g/mol. The van der Waals surface area contributed by atoms with Crippen LogP contribution in [0.4, 0.5) is 0 Å². The van der Waals surface area contributed by atoms with Gasteiger partial charge in [0.2, 0.25) is 0 Å². The van der Waals surface area contributed by atoms with Crippen molar-refractivity contribution in [3.63, 3.8) is 0 Å². The molecule has 0 saturated heterocycles. The Morgan fingerprint density at radius 3 is 2.39 bits per heavy atom. The fourth-order valence-electron chi connectivity index (χ4n) is 3.43. The summed E-state index contributed by atoms with van der Waals surface area (Å²) in [6.45, 7) is 9.46. The second kappa shape index (κ2) is 9.48. The lowest BCUT2D eigenvalue weighted by Gasteiger charge is -2.23. The second-order valence-electron chi connectivity index (χ2n) is 9.04. The number of amides is 1. The van der Waals surface area contributed by atoms with E-state index in [0.717, 1.165) is 16.7 Å². The third kappa shape index (κ3) is 5.61. The lowest BCUT2D eigenvalue weighted by atomic mass is 10.00. The van der Waals surface area contributed by atoms with Gasteiger partial charge in [0.25, 0.3) is 5.91 Å². The third-order valence-corrected chi connectivity index (χ3v) is 5.50. The van der Waals surface area contributed by atoms with E-state index in [1.165, 1.54) is 19.4 Å². The smallest absolute Gasteiger partial charge is 0.347 e. The molecule has 0 aliphatic heterocycles. The minimum absolute atomic E-state index is 0.212. The van der Waals surface area contributed by atoms with Crippen molar-refractivity contribution in [3.05, 3.63) is 70.9 Å². The molecule has 3 rings (SSSR count). The number of aromatic nitrogens is 2. The standard InChI is InChI=1S/C26H31N3O4/c1-16(2)19-8-10-20(11-9-19)23-21(15-29(6)28-23)24(30)27-14-18-7-12-22(17(3)13-18)33-26(4,5)25(31)32/h7-13,15-16H,14H2,1-6H3,(H,27,30)(H,31,32). The number of hydrogen-bond donors (Lipinski definition) is 2. The van der Waals surface area contributed by atoms with Crippen LogP contribution in [0.25, 0.3) is 11.3 Å². The lowest BCUT2D eigenvalue weighted by Crippen LogP contribution is -2.38. The molecule has 0 aliphatic rings. The zero-order valence-electron chi connectivity index (χ0n) is 20.0. The third-order valence-electron chi connectivity index (χ3n) is 5.50. The van der Waals surface area contributed by atoms with Crippen LogP contribution in [0, 0.1) is 6.92 Å². The van der Waals surface area contributed by atoms with Crippen molar-refractivity contribution < 1.29 is 19.4 Å². The minimum Gasteiger partial charge on any atom is -0.478 e. The fraction of sp³-hybridized carbons (Fsp3) is 0.346. The van der Waals surface area contributed by atoms with Crippen LogP contribution in [-0.4, -0.2) is 32.4 Å². The molecule has 0 radical (unpaired) electrons. The van der Waals surface area contributed by atoms with Crippen LogP contribution in [0.2, 0.25) is 0 Å². The maximum absolute atomic E-state index is 13.0. The zero-order valence-corrected chi connectivity index (χ0v) is 20.0. The number of nitrogens with zero attached hydrogens (tertiary/aromatic N) is 2. The molecule has 1 amide bonds. The highest BCUT2D eigenvalue weighted by Crippen LogP contribution is 2.26. The van der Waals surface area contributed by atoms with Gasteiger partial charge in [0.15, 0.2) is 5.60 Å². The van der Waals surface area contributed by atoms with E-state index in [1.807, 2.05) is 31.2 Å². The largest absolute Gasteiger partial charge is 0.478 e. The number of aliphatic carboxylic acids is 1. The first kappa shape index (κ1) is 24.0. The predicted molar refractivity (Wildman–Crippen MR) is 127 cm³/mol. The Labute approximate surface area is 194 Å². The van der Waals surface area contributed by atoms with Crippen molar-refractivity contribution >= 4 is 11.9 Å². The van der Waals surface area contributed by atoms with Gasteiger partial charge in [-0.3, -0.25) is 9.48 Å². The topological polar surface area (TPSA) is 93.5 Å². The fourth-order valence-corrected chi connectivity index (χ4v) is 3.43. The minimum atomic E-state index is -1.33. The normalized spacial score (nSPS) is 11.5. The molecular weight excluding hydrogens is 418 g/mol. The summed E-state index contributed by atoms with van der Waals surface area (Å²) in [5, 5.41) is 16.7. The second-order valence-corrected chi connectivity index (χ2v) is 9.04. The Bertz CT molecular complexity index is 1160. The SMILES string of the molecule is Cc1cc(CNC(=O)c2cn(C)nc2-c2ccc(C(C)C)cc2)ccc1OC(C)(C)C(=O)O. The zero-order chi connectivity index (χ0) is 24.3. The van der Waals surface area contributed by atoms with Gasteiger partial charge < -0.3 is 15.2 Å². The van der Waals surface area contributed by atoms with Crippen LogP contribution in [0.1, 0.15) is 60.7 Å². The number of carbonyl (C=O) groups excluding carboxylic acids is 1. The number of hydrogen-bond acceptors (Lipinski definition) is 4. The number of carbonyl (C=O) groups is 2. The predicted octanol–water partition coefficient (Wildman–Crippen LogP) is 4.69. The molecule has 2 aromatic carbocycles. The quantitative estimate of drug-likeness (QED) is 0.520. The first-order valence-corrected chi connectivity index (χ1v) is 10.9. The van der Waals surface area contributed by atoms with E-state index in [-0.39, 0.29) is 5.91 Å². The molecular formula is C26H31N3O4. The summed E-state index contributed by atoms with van der Waals surface area (Å²) in [4.78, 5) is 24.3. The van der Waals surface area contributed by atoms with Crippen molar-refractivity contribution in [2.45, 2.75) is 52.7 Å². The van der Waals surface area contributed by atoms with Gasteiger partial charge in [-0.1, -0.05) is 50.2 Å². The summed E-state index contributed by atoms with van der Waals surface area (Å²) >= 11 is 0. The van der Waals surface area contributed by atoms with Gasteiger partial charge in [-0.25, -0.2) is 4.79 Å². The molecule has 3 aromatic rings. The van der Waals surface area contributed by atoms with Crippen molar-refractivity contribution in [1.82, 2.24) is 15.1 Å². The highest BCUT2D eigenvalue weighted by atomic mass is 16.5. The molecule has 0 aliphatic carbocycles. The van der Waals surface area contributed by atoms with E-state index in [0.29, 0.717) is 29.5 Å². The number of benzene rings is 2. The Balaban J connectivity index is 1.73. The maximum atomic E-state index is 13.0. The lowest BCUT2D eigenvalue weighted by molar-refractivity contribution is -0.152. The van der Waals surface area contributed by atoms with Gasteiger partial charge in [0, 0.05) is 25.4 Å². The average molecular weight is 450 g/mol. The number of ether oxygens (including phenoxy) is 1. The van der Waals surface area contributed by atoms with Gasteiger partial charge >= 0.3 is 5.97 Å². The van der Waals surface area contributed by atoms with Crippen LogP contribution < -0.4 is 10.1 Å². The van der Waals surface area contributed by atoms with Crippen molar-refractivity contribution in [2.75, 3.05) is 0 Å². The molecule has 174 valence electrons. The summed E-state index contributed by atoms with van der Waals surface area (Å²) in [5.74, 6) is -0.321. The van der Waals surface area contributed by atoms with Crippen LogP contribution in [0.3, 0.4) is 0 Å². The molecule has 1 heterocycles. The van der Waals surface area contributed by atoms with Crippen molar-refractivity contribution in [2.24, 2.45) is 7.05 Å². The summed E-state index contributed by atoms with van der Waals surface area (Å²) in [6.07, 6.45) is 1.72. The number of aryl methyl sites for hydroxylation is 2. The first-order valence-electron chi connectivity index (χ1n) is 10.9. The van der Waals surface area contributed by atoms with E-state index >= 15 is 0 Å². The molecule has 33 heavy (non-hydrogen) atoms. The number of carboxylic acid groups (broad SMARTS) is 1. The highest BCUT2D eigenvalue weighted by Gasteiger charge is 2.29. The maximum Gasteiger partial charge on any atom is 0.347 e. The van der Waals surface area contributed by atoms with Crippen molar-refractivity contribution in [1.29, 1.82) is 0 Å². The van der Waals surface area contributed by atoms with E-state index in [4.69, 9.17) is 4.74 Å². The van der Waals surface area contributed by atoms with Crippen LogP contribution in [0.5, 0.6) is 5.75 Å². The molecule has 7 heteroatoms. The van der Waals surface area contributed by atoms with E-state index in [2.05, 4.69) is 36.4 Å². The summed E-state index contributed by atoms with van der Waals surface area (Å²) in [6, 6.07) is 13.5. The Kier molecular flexibility index (Phi) is 6.91. The molecule has 2 N–H and O–H groups in total. The van der Waals surface area contributed by atoms with E-state index < -0.39 is 11.6 Å². The van der Waals surface area contributed by atoms with Gasteiger partial charge in [0.05, 0.1) is 5.56 Å². The van der Waals surface area contributed by atoms with Crippen molar-refractivity contribution in [3.8, 4) is 17.0 Å². The summed E-state index contributed by atoms with van der Waals surface area (Å²) in [7, 11) is 1.80. The Morgan fingerprint density at radius 2 is 1.82 bits per heavy atom. The molecule has 0 saturated carbocycles. The molecule has 0 atom stereocenters. The van der Waals surface area contributed by atoms with Gasteiger partial charge in [0.1, 0.15) is 11.4 Å². The van der Waals surface area contributed by atoms with Crippen LogP contribution >= 0.6 is 0 Å². The molecule has 1 aromatic heterocycles. The molecule has 7 nitrogen and oxygen atoms in total. The Morgan fingerprint density at radius 1 is 1.15 bits per heavy atom. The molecule has 0 fully saturated rings. The Hall–Kier alpha value is -3.61. The van der Waals surface area contributed by atoms with Gasteiger partial charge in [-0.05, 0) is 49.4 Å². The van der Waals surface area contributed by atoms with E-state index in [9.17, 15) is 14.7 Å². The van der Waals surface area contributed by atoms with Crippen LogP contribution in [0.15, 0.2) is 48.7 Å². The highest BCUT2D eigenvalue weighted by molar-refractivity contribution is 5.99. The number of carboxylic acids is 1. The molecule has 0 spiro atoms. The number of rotatable bonds is 8. The summed E-state index contributed by atoms with van der Waals surface area (Å²) in [5.41, 5.74) is 3.62. The van der Waals surface area contributed by atoms with Gasteiger partial charge in [-0.2, -0.15) is 5.10 Å². The average Bonchev–Trinajstić information content (AvgIpc) is 3.15.